The highest BCUT2D eigenvalue weighted by molar-refractivity contribution is 6.04. The van der Waals surface area contributed by atoms with Crippen LogP contribution in [0.25, 0.3) is 0 Å². The van der Waals surface area contributed by atoms with Crippen LogP contribution in [0.3, 0.4) is 0 Å². The lowest BCUT2D eigenvalue weighted by molar-refractivity contribution is -0.147. The fraction of sp³-hybridized carbons (Fsp3) is 0.364. The lowest BCUT2D eigenvalue weighted by Crippen LogP contribution is -2.32. The monoisotopic (exact) mass is 369 g/mol. The fourth-order valence-corrected chi connectivity index (χ4v) is 2.64. The summed E-state index contributed by atoms with van der Waals surface area (Å²) in [4.78, 5) is 23.6. The first-order valence-electron chi connectivity index (χ1n) is 9.30. The highest BCUT2D eigenvalue weighted by atomic mass is 16.5. The summed E-state index contributed by atoms with van der Waals surface area (Å²) in [5.41, 5.74) is 2.48. The van der Waals surface area contributed by atoms with Crippen LogP contribution in [0.15, 0.2) is 48.5 Å². The van der Waals surface area contributed by atoms with Crippen LogP contribution in [-0.2, 0) is 11.2 Å². The van der Waals surface area contributed by atoms with Crippen molar-refractivity contribution in [1.82, 2.24) is 0 Å². The van der Waals surface area contributed by atoms with Gasteiger partial charge in [0.2, 0.25) is 0 Å². The molecule has 27 heavy (non-hydrogen) atoms. The van der Waals surface area contributed by atoms with Crippen LogP contribution in [0.2, 0.25) is 0 Å². The van der Waals surface area contributed by atoms with Crippen molar-refractivity contribution in [1.29, 1.82) is 0 Å². The first-order chi connectivity index (χ1) is 12.9. The van der Waals surface area contributed by atoms with E-state index in [-0.39, 0.29) is 11.8 Å². The second-order valence-corrected chi connectivity index (χ2v) is 6.90. The molecule has 1 amide bonds. The summed E-state index contributed by atoms with van der Waals surface area (Å²) in [6.07, 6.45) is 2.43. The third kappa shape index (κ3) is 6.13. The Bertz CT molecular complexity index is 751. The molecule has 0 heterocycles. The molecule has 0 aromatic heterocycles. The minimum absolute atomic E-state index is 0.161. The maximum atomic E-state index is 12.4. The zero-order valence-electron chi connectivity index (χ0n) is 16.1. The zero-order chi connectivity index (χ0) is 19.8. The summed E-state index contributed by atoms with van der Waals surface area (Å²) in [5.74, 6) is -0.964. The van der Waals surface area contributed by atoms with Crippen molar-refractivity contribution < 1.29 is 19.4 Å². The summed E-state index contributed by atoms with van der Waals surface area (Å²) in [7, 11) is 0. The average molecular weight is 369 g/mol. The molecule has 144 valence electrons. The molecule has 0 bridgehead atoms. The number of unbranched alkanes of at least 4 members (excludes halogenated alkanes) is 1. The van der Waals surface area contributed by atoms with Gasteiger partial charge in [-0.1, -0.05) is 39.3 Å². The van der Waals surface area contributed by atoms with E-state index in [2.05, 4.69) is 12.2 Å². The van der Waals surface area contributed by atoms with Gasteiger partial charge in [0.25, 0.3) is 5.91 Å². The van der Waals surface area contributed by atoms with Crippen molar-refractivity contribution in [2.45, 2.75) is 46.1 Å². The third-order valence-electron chi connectivity index (χ3n) is 4.26. The van der Waals surface area contributed by atoms with Crippen molar-refractivity contribution in [3.8, 4) is 5.75 Å². The lowest BCUT2D eigenvalue weighted by atomic mass is 10.1. The molecule has 2 rings (SSSR count). The van der Waals surface area contributed by atoms with E-state index in [1.807, 2.05) is 24.3 Å². The molecule has 2 N–H and O–H groups in total. The van der Waals surface area contributed by atoms with Crippen molar-refractivity contribution in [3.63, 3.8) is 0 Å². The van der Waals surface area contributed by atoms with Crippen LogP contribution in [0.1, 0.15) is 49.5 Å². The number of nitrogens with one attached hydrogen (secondary N) is 1. The van der Waals surface area contributed by atoms with Gasteiger partial charge in [0, 0.05) is 17.2 Å². The van der Waals surface area contributed by atoms with E-state index in [1.165, 1.54) is 5.56 Å². The second-order valence-electron chi connectivity index (χ2n) is 6.90. The van der Waals surface area contributed by atoms with Gasteiger partial charge in [-0.25, -0.2) is 4.79 Å². The van der Waals surface area contributed by atoms with Crippen molar-refractivity contribution in [3.05, 3.63) is 59.7 Å². The standard InChI is InChI=1S/C22H27NO4/c1-4-5-6-16-7-11-18(12-8-16)23-21(24)17-9-13-19(14-10-17)27-20(15(2)3)22(25)26/h7-15,20H,4-6H2,1-3H3,(H,23,24)(H,25,26). The van der Waals surface area contributed by atoms with Gasteiger partial charge in [0.1, 0.15) is 5.75 Å². The number of aryl methyl sites for hydroxylation is 1. The summed E-state index contributed by atoms with van der Waals surface area (Å²) >= 11 is 0. The molecule has 2 aromatic carbocycles. The van der Waals surface area contributed by atoms with Gasteiger partial charge in [-0.05, 0) is 54.8 Å². The Balaban J connectivity index is 1.98. The topological polar surface area (TPSA) is 75.6 Å². The maximum absolute atomic E-state index is 12.4. The highest BCUT2D eigenvalue weighted by Gasteiger charge is 2.23. The third-order valence-corrected chi connectivity index (χ3v) is 4.26. The van der Waals surface area contributed by atoms with Crippen molar-refractivity contribution in [2.24, 2.45) is 5.92 Å². The van der Waals surface area contributed by atoms with E-state index < -0.39 is 12.1 Å². The van der Waals surface area contributed by atoms with Crippen LogP contribution in [0.5, 0.6) is 5.75 Å². The minimum Gasteiger partial charge on any atom is -0.478 e. The molecule has 2 aromatic rings. The molecule has 5 heteroatoms. The molecular formula is C22H27NO4. The number of carboxylic acids is 1. The Kier molecular flexibility index (Phi) is 7.41. The van der Waals surface area contributed by atoms with E-state index in [9.17, 15) is 14.7 Å². The Labute approximate surface area is 160 Å². The molecule has 0 aliphatic carbocycles. The molecule has 1 atom stereocenters. The first kappa shape index (κ1) is 20.5. The molecule has 0 saturated heterocycles. The number of carboxylic acid groups (broad SMARTS) is 1. The number of carbonyl (C=O) groups excluding carboxylic acids is 1. The molecular weight excluding hydrogens is 342 g/mol. The van der Waals surface area contributed by atoms with Crippen LogP contribution >= 0.6 is 0 Å². The summed E-state index contributed by atoms with van der Waals surface area (Å²) in [5, 5.41) is 12.1. The van der Waals surface area contributed by atoms with Crippen molar-refractivity contribution in [2.75, 3.05) is 5.32 Å². The molecule has 0 aliphatic rings. The van der Waals surface area contributed by atoms with Crippen LogP contribution in [-0.4, -0.2) is 23.1 Å². The van der Waals surface area contributed by atoms with E-state index in [1.54, 1.807) is 38.1 Å². The number of hydrogen-bond acceptors (Lipinski definition) is 3. The predicted molar refractivity (Wildman–Crippen MR) is 106 cm³/mol. The Morgan fingerprint density at radius 2 is 1.67 bits per heavy atom. The number of rotatable bonds is 9. The van der Waals surface area contributed by atoms with Gasteiger partial charge >= 0.3 is 5.97 Å². The minimum atomic E-state index is -1.01. The number of aliphatic carboxylic acids is 1. The summed E-state index contributed by atoms with van der Waals surface area (Å²) < 4.78 is 5.50. The number of amides is 1. The van der Waals surface area contributed by atoms with E-state index in [0.717, 1.165) is 24.9 Å². The Morgan fingerprint density at radius 3 is 2.19 bits per heavy atom. The van der Waals surface area contributed by atoms with Crippen LogP contribution in [0.4, 0.5) is 5.69 Å². The number of benzene rings is 2. The van der Waals surface area contributed by atoms with Gasteiger partial charge in [-0.3, -0.25) is 4.79 Å². The maximum Gasteiger partial charge on any atom is 0.345 e. The normalized spacial score (nSPS) is 11.9. The fourth-order valence-electron chi connectivity index (χ4n) is 2.64. The van der Waals surface area contributed by atoms with Gasteiger partial charge in [0.05, 0.1) is 0 Å². The molecule has 0 radical (unpaired) electrons. The van der Waals surface area contributed by atoms with E-state index in [4.69, 9.17) is 4.74 Å². The highest BCUT2D eigenvalue weighted by Crippen LogP contribution is 2.19. The molecule has 0 aliphatic heterocycles. The Hall–Kier alpha value is -2.82. The average Bonchev–Trinajstić information content (AvgIpc) is 2.65. The van der Waals surface area contributed by atoms with Crippen molar-refractivity contribution >= 4 is 17.6 Å². The lowest BCUT2D eigenvalue weighted by Gasteiger charge is -2.18. The zero-order valence-corrected chi connectivity index (χ0v) is 16.1. The SMILES string of the molecule is CCCCc1ccc(NC(=O)c2ccc(OC(C(=O)O)C(C)C)cc2)cc1. The molecule has 0 saturated carbocycles. The van der Waals surface area contributed by atoms with E-state index in [0.29, 0.717) is 11.3 Å². The predicted octanol–water partition coefficient (Wildman–Crippen LogP) is 4.77. The van der Waals surface area contributed by atoms with E-state index >= 15 is 0 Å². The Morgan fingerprint density at radius 1 is 1.04 bits per heavy atom. The van der Waals surface area contributed by atoms with Gasteiger partial charge < -0.3 is 15.2 Å². The van der Waals surface area contributed by atoms with Crippen LogP contribution in [0, 0.1) is 5.92 Å². The number of carbonyl (C=O) groups is 2. The largest absolute Gasteiger partial charge is 0.478 e. The van der Waals surface area contributed by atoms with Gasteiger partial charge in [-0.15, -0.1) is 0 Å². The van der Waals surface area contributed by atoms with Crippen LogP contribution < -0.4 is 10.1 Å². The molecule has 0 fully saturated rings. The number of anilines is 1. The van der Waals surface area contributed by atoms with Gasteiger partial charge in [-0.2, -0.15) is 0 Å². The molecule has 1 unspecified atom stereocenters. The first-order valence-corrected chi connectivity index (χ1v) is 9.30. The summed E-state index contributed by atoms with van der Waals surface area (Å²) in [6, 6.07) is 14.3. The second kappa shape index (κ2) is 9.76. The molecule has 0 spiro atoms. The number of hydrogen-bond donors (Lipinski definition) is 2. The summed E-state index contributed by atoms with van der Waals surface area (Å²) in [6.45, 7) is 5.73. The molecule has 5 nitrogen and oxygen atoms in total. The quantitative estimate of drug-likeness (QED) is 0.668. The smallest absolute Gasteiger partial charge is 0.345 e. The number of ether oxygens (including phenoxy) is 1. The van der Waals surface area contributed by atoms with Gasteiger partial charge in [0.15, 0.2) is 6.10 Å².